The zero-order valence-corrected chi connectivity index (χ0v) is 16.7. The standard InChI is InChI=1S/C21H18N2.2C2H6/c1-4-10-16(11-5-1)19-20(17-12-6-2-7-13-17)23-21(22-19)18-14-8-3-9-15-18;2*1-2/h1-15,21-23H;2*1-2H3. The minimum Gasteiger partial charge on any atom is -0.359 e. The van der Waals surface area contributed by atoms with Crippen LogP contribution in [0.5, 0.6) is 0 Å². The number of benzene rings is 3. The van der Waals surface area contributed by atoms with Gasteiger partial charge < -0.3 is 10.6 Å². The van der Waals surface area contributed by atoms with Crippen LogP contribution < -0.4 is 10.6 Å². The van der Waals surface area contributed by atoms with Gasteiger partial charge in [-0.25, -0.2) is 0 Å². The van der Waals surface area contributed by atoms with Crippen molar-refractivity contribution in [2.75, 3.05) is 0 Å². The summed E-state index contributed by atoms with van der Waals surface area (Å²) in [5.41, 5.74) is 5.90. The minimum absolute atomic E-state index is 0.0848. The Labute approximate surface area is 164 Å². The third-order valence-electron chi connectivity index (χ3n) is 4.09. The molecule has 0 amide bonds. The first kappa shape index (κ1) is 20.3. The molecular formula is C25H30N2. The van der Waals surface area contributed by atoms with Crippen molar-refractivity contribution in [1.82, 2.24) is 10.6 Å². The Bertz CT molecular complexity index is 757. The fourth-order valence-corrected chi connectivity index (χ4v) is 2.95. The third kappa shape index (κ3) is 5.01. The zero-order chi connectivity index (χ0) is 19.5. The molecule has 0 unspecified atom stereocenters. The van der Waals surface area contributed by atoms with Gasteiger partial charge in [0.1, 0.15) is 6.17 Å². The lowest BCUT2D eigenvalue weighted by atomic mass is 10.1. The second-order valence-electron chi connectivity index (χ2n) is 5.61. The first-order valence-corrected chi connectivity index (χ1v) is 9.85. The Balaban J connectivity index is 0.000000614. The monoisotopic (exact) mass is 358 g/mol. The van der Waals surface area contributed by atoms with Crippen molar-refractivity contribution in [1.29, 1.82) is 0 Å². The summed E-state index contributed by atoms with van der Waals surface area (Å²) >= 11 is 0. The molecule has 2 N–H and O–H groups in total. The van der Waals surface area contributed by atoms with Gasteiger partial charge in [0.25, 0.3) is 0 Å². The van der Waals surface area contributed by atoms with E-state index in [4.69, 9.17) is 0 Å². The van der Waals surface area contributed by atoms with Crippen LogP contribution in [0, 0.1) is 0 Å². The predicted molar refractivity (Wildman–Crippen MR) is 118 cm³/mol. The van der Waals surface area contributed by atoms with Crippen LogP contribution in [0.3, 0.4) is 0 Å². The van der Waals surface area contributed by atoms with Crippen LogP contribution in [0.25, 0.3) is 11.4 Å². The number of nitrogens with one attached hydrogen (secondary N) is 2. The molecule has 2 nitrogen and oxygen atoms in total. The highest BCUT2D eigenvalue weighted by atomic mass is 15.2. The lowest BCUT2D eigenvalue weighted by Gasteiger charge is -2.14. The number of hydrogen-bond acceptors (Lipinski definition) is 2. The molecule has 3 aromatic rings. The number of rotatable bonds is 3. The van der Waals surface area contributed by atoms with E-state index >= 15 is 0 Å². The fourth-order valence-electron chi connectivity index (χ4n) is 2.95. The Morgan fingerprint density at radius 2 is 0.815 bits per heavy atom. The van der Waals surface area contributed by atoms with Crippen LogP contribution in [0.2, 0.25) is 0 Å². The quantitative estimate of drug-likeness (QED) is 0.561. The van der Waals surface area contributed by atoms with Gasteiger partial charge in [0, 0.05) is 0 Å². The van der Waals surface area contributed by atoms with Gasteiger partial charge in [-0.2, -0.15) is 0 Å². The molecule has 1 aliphatic heterocycles. The molecular weight excluding hydrogens is 328 g/mol. The zero-order valence-electron chi connectivity index (χ0n) is 16.7. The molecule has 0 spiro atoms. The van der Waals surface area contributed by atoms with E-state index in [1.165, 1.54) is 16.7 Å². The van der Waals surface area contributed by atoms with Crippen molar-refractivity contribution in [3.05, 3.63) is 108 Å². The lowest BCUT2D eigenvalue weighted by molar-refractivity contribution is 0.620. The molecule has 140 valence electrons. The average Bonchev–Trinajstić information content (AvgIpc) is 3.24. The maximum Gasteiger partial charge on any atom is 0.123 e. The predicted octanol–water partition coefficient (Wildman–Crippen LogP) is 6.46. The van der Waals surface area contributed by atoms with E-state index in [9.17, 15) is 0 Å². The summed E-state index contributed by atoms with van der Waals surface area (Å²) in [4.78, 5) is 0. The first-order valence-electron chi connectivity index (χ1n) is 9.85. The normalized spacial score (nSPS) is 12.7. The van der Waals surface area contributed by atoms with Gasteiger partial charge >= 0.3 is 0 Å². The van der Waals surface area contributed by atoms with E-state index < -0.39 is 0 Å². The molecule has 0 saturated heterocycles. The fraction of sp³-hybridized carbons (Fsp3) is 0.200. The van der Waals surface area contributed by atoms with E-state index in [1.54, 1.807) is 0 Å². The molecule has 0 saturated carbocycles. The topological polar surface area (TPSA) is 24.1 Å². The maximum atomic E-state index is 3.64. The van der Waals surface area contributed by atoms with Crippen molar-refractivity contribution < 1.29 is 0 Å². The Morgan fingerprint density at radius 3 is 1.19 bits per heavy atom. The Kier molecular flexibility index (Phi) is 8.18. The van der Waals surface area contributed by atoms with Gasteiger partial charge in [-0.1, -0.05) is 119 Å². The van der Waals surface area contributed by atoms with Crippen molar-refractivity contribution in [3.8, 4) is 0 Å². The molecule has 0 fully saturated rings. The molecule has 1 aliphatic rings. The van der Waals surface area contributed by atoms with Gasteiger partial charge in [0.05, 0.1) is 11.4 Å². The van der Waals surface area contributed by atoms with Crippen molar-refractivity contribution >= 4 is 11.4 Å². The van der Waals surface area contributed by atoms with Crippen LogP contribution >= 0.6 is 0 Å². The Hall–Kier alpha value is -3.00. The van der Waals surface area contributed by atoms with Gasteiger partial charge in [-0.05, 0) is 16.7 Å². The highest BCUT2D eigenvalue weighted by Gasteiger charge is 2.25. The molecule has 27 heavy (non-hydrogen) atoms. The van der Waals surface area contributed by atoms with Gasteiger partial charge in [-0.15, -0.1) is 0 Å². The summed E-state index contributed by atoms with van der Waals surface area (Å²) in [6.07, 6.45) is 0.0848. The second-order valence-corrected chi connectivity index (χ2v) is 5.61. The number of hydrogen-bond donors (Lipinski definition) is 2. The molecule has 0 bridgehead atoms. The molecule has 0 aliphatic carbocycles. The van der Waals surface area contributed by atoms with Crippen LogP contribution in [0.4, 0.5) is 0 Å². The summed E-state index contributed by atoms with van der Waals surface area (Å²) in [5.74, 6) is 0. The van der Waals surface area contributed by atoms with Crippen LogP contribution in [0.15, 0.2) is 91.0 Å². The first-order chi connectivity index (χ1) is 13.4. The van der Waals surface area contributed by atoms with Crippen LogP contribution in [-0.4, -0.2) is 0 Å². The van der Waals surface area contributed by atoms with Crippen molar-refractivity contribution in [3.63, 3.8) is 0 Å². The minimum atomic E-state index is 0.0848. The van der Waals surface area contributed by atoms with E-state index in [-0.39, 0.29) is 6.17 Å². The molecule has 0 atom stereocenters. The summed E-state index contributed by atoms with van der Waals surface area (Å²) < 4.78 is 0. The molecule has 3 aromatic carbocycles. The van der Waals surface area contributed by atoms with E-state index in [2.05, 4.69) is 83.4 Å². The SMILES string of the molecule is CC.CC.c1ccc(C2=C(c3ccccc3)NC(c3ccccc3)N2)cc1. The van der Waals surface area contributed by atoms with Gasteiger partial charge in [0.2, 0.25) is 0 Å². The van der Waals surface area contributed by atoms with Gasteiger partial charge in [0.15, 0.2) is 0 Å². The summed E-state index contributed by atoms with van der Waals surface area (Å²) in [6.45, 7) is 8.00. The summed E-state index contributed by atoms with van der Waals surface area (Å²) in [6, 6.07) is 31.4. The van der Waals surface area contributed by atoms with E-state index in [0.717, 1.165) is 11.4 Å². The third-order valence-corrected chi connectivity index (χ3v) is 4.09. The smallest absolute Gasteiger partial charge is 0.123 e. The molecule has 0 radical (unpaired) electrons. The Morgan fingerprint density at radius 1 is 0.481 bits per heavy atom. The van der Waals surface area contributed by atoms with Gasteiger partial charge in [-0.3, -0.25) is 0 Å². The lowest BCUT2D eigenvalue weighted by Crippen LogP contribution is -2.23. The van der Waals surface area contributed by atoms with Crippen LogP contribution in [0.1, 0.15) is 50.6 Å². The largest absolute Gasteiger partial charge is 0.359 e. The highest BCUT2D eigenvalue weighted by molar-refractivity contribution is 5.91. The second kappa shape index (κ2) is 10.9. The van der Waals surface area contributed by atoms with Crippen molar-refractivity contribution in [2.24, 2.45) is 0 Å². The maximum absolute atomic E-state index is 3.64. The molecule has 0 aromatic heterocycles. The summed E-state index contributed by atoms with van der Waals surface area (Å²) in [5, 5.41) is 7.28. The summed E-state index contributed by atoms with van der Waals surface area (Å²) in [7, 11) is 0. The molecule has 2 heteroatoms. The molecule has 4 rings (SSSR count). The highest BCUT2D eigenvalue weighted by Crippen LogP contribution is 2.31. The average molecular weight is 359 g/mol. The van der Waals surface area contributed by atoms with Crippen LogP contribution in [-0.2, 0) is 0 Å². The van der Waals surface area contributed by atoms with E-state index in [1.807, 2.05) is 45.9 Å². The van der Waals surface area contributed by atoms with E-state index in [0.29, 0.717) is 0 Å². The van der Waals surface area contributed by atoms with Crippen molar-refractivity contribution in [2.45, 2.75) is 33.9 Å². The molecule has 1 heterocycles.